The van der Waals surface area contributed by atoms with Crippen LogP contribution < -0.4 is 0 Å². The summed E-state index contributed by atoms with van der Waals surface area (Å²) in [4.78, 5) is 31.3. The van der Waals surface area contributed by atoms with Gasteiger partial charge in [-0.3, -0.25) is 9.59 Å². The van der Waals surface area contributed by atoms with Gasteiger partial charge in [-0.2, -0.15) is 0 Å². The third-order valence-corrected chi connectivity index (χ3v) is 15.0. The first-order valence-corrected chi connectivity index (χ1v) is 16.7. The van der Waals surface area contributed by atoms with Gasteiger partial charge >= 0.3 is 0 Å². The van der Waals surface area contributed by atoms with Crippen LogP contribution in [0.25, 0.3) is 0 Å². The number of rotatable bonds is 7. The summed E-state index contributed by atoms with van der Waals surface area (Å²) in [5.74, 6) is -0.0696. The third-order valence-electron chi connectivity index (χ3n) is 5.92. The summed E-state index contributed by atoms with van der Waals surface area (Å²) in [6, 6.07) is 0. The van der Waals surface area contributed by atoms with Crippen molar-refractivity contribution in [3.05, 3.63) is 0 Å². The SMILES string of the molecule is CC(=O)[C@H](C)O.CC(=O)[C@H](C)O[Si](C)(C)C(C)(C)C.C[C@@H](C=O)O[Si](C)(C)C(C)(C)C. The molecule has 1 N–H and O–H groups in total. The van der Waals surface area contributed by atoms with Crippen LogP contribution in [0.2, 0.25) is 36.3 Å². The Balaban J connectivity index is -0.000000405. The first-order chi connectivity index (χ1) is 13.4. The van der Waals surface area contributed by atoms with E-state index in [1.807, 2.05) is 6.92 Å². The molecule has 0 saturated heterocycles. The Hall–Kier alpha value is -0.676. The number of Topliss-reactive ketones (excluding diaryl/α,β-unsaturated/α-hetero) is 2. The van der Waals surface area contributed by atoms with E-state index in [9.17, 15) is 14.4 Å². The Bertz CT molecular complexity index is 557. The Kier molecular flexibility index (Phi) is 15.5. The predicted octanol–water partition coefficient (Wildman–Crippen LogP) is 5.54. The van der Waals surface area contributed by atoms with Crippen LogP contribution in [0.5, 0.6) is 0 Å². The summed E-state index contributed by atoms with van der Waals surface area (Å²) in [5, 5.41) is 8.64. The quantitative estimate of drug-likeness (QED) is 0.382. The Labute approximate surface area is 193 Å². The molecule has 0 fully saturated rings. The number of hydrogen-bond acceptors (Lipinski definition) is 6. The minimum absolute atomic E-state index is 0.116. The predicted molar refractivity (Wildman–Crippen MR) is 135 cm³/mol. The summed E-state index contributed by atoms with van der Waals surface area (Å²) >= 11 is 0. The number of aliphatic hydroxyl groups excluding tert-OH is 1. The molecule has 0 aromatic carbocycles. The zero-order valence-corrected chi connectivity index (χ0v) is 24.8. The molecular formula is C23H50O6Si2. The van der Waals surface area contributed by atoms with Gasteiger partial charge in [-0.05, 0) is 70.9 Å². The molecule has 186 valence electrons. The van der Waals surface area contributed by atoms with Gasteiger partial charge in [0.05, 0.1) is 6.10 Å². The molecular weight excluding hydrogens is 428 g/mol. The van der Waals surface area contributed by atoms with Crippen LogP contribution in [0.4, 0.5) is 0 Å². The highest BCUT2D eigenvalue weighted by Gasteiger charge is 2.39. The summed E-state index contributed by atoms with van der Waals surface area (Å²) in [7, 11) is -3.47. The summed E-state index contributed by atoms with van der Waals surface area (Å²) in [6.07, 6.45) is -0.433. The second-order valence-corrected chi connectivity index (χ2v) is 20.6. The first-order valence-electron chi connectivity index (χ1n) is 10.9. The maximum atomic E-state index is 11.0. The number of carbonyl (C=O) groups excluding carboxylic acids is 3. The topological polar surface area (TPSA) is 89.9 Å². The van der Waals surface area contributed by atoms with E-state index in [4.69, 9.17) is 14.0 Å². The maximum Gasteiger partial charge on any atom is 0.193 e. The number of aliphatic hydroxyl groups is 1. The normalized spacial score (nSPS) is 15.4. The molecule has 0 unspecified atom stereocenters. The molecule has 0 saturated carbocycles. The lowest BCUT2D eigenvalue weighted by molar-refractivity contribution is -0.124. The second-order valence-electron chi connectivity index (χ2n) is 11.1. The average Bonchev–Trinajstić information content (AvgIpc) is 2.52. The van der Waals surface area contributed by atoms with Crippen LogP contribution in [0.15, 0.2) is 0 Å². The largest absolute Gasteiger partial charge is 0.408 e. The van der Waals surface area contributed by atoms with Crippen molar-refractivity contribution in [2.24, 2.45) is 0 Å². The van der Waals surface area contributed by atoms with E-state index in [2.05, 4.69) is 67.7 Å². The van der Waals surface area contributed by atoms with Gasteiger partial charge in [0.2, 0.25) is 0 Å². The Morgan fingerprint density at radius 1 is 0.774 bits per heavy atom. The summed E-state index contributed by atoms with van der Waals surface area (Å²) in [6.45, 7) is 29.6. The van der Waals surface area contributed by atoms with Gasteiger partial charge in [0.1, 0.15) is 18.5 Å². The lowest BCUT2D eigenvalue weighted by atomic mass is 10.2. The van der Waals surface area contributed by atoms with Crippen molar-refractivity contribution in [1.29, 1.82) is 0 Å². The molecule has 31 heavy (non-hydrogen) atoms. The van der Waals surface area contributed by atoms with E-state index < -0.39 is 22.7 Å². The van der Waals surface area contributed by atoms with Crippen LogP contribution in [0.3, 0.4) is 0 Å². The molecule has 0 amide bonds. The molecule has 0 aliphatic rings. The fraction of sp³-hybridized carbons (Fsp3) is 0.870. The van der Waals surface area contributed by atoms with E-state index in [1.54, 1.807) is 13.8 Å². The van der Waals surface area contributed by atoms with Gasteiger partial charge in [-0.25, -0.2) is 0 Å². The van der Waals surface area contributed by atoms with Gasteiger partial charge in [0.25, 0.3) is 0 Å². The van der Waals surface area contributed by atoms with Gasteiger partial charge in [-0.1, -0.05) is 41.5 Å². The minimum atomic E-state index is -1.75. The molecule has 6 nitrogen and oxygen atoms in total. The molecule has 0 bridgehead atoms. The lowest BCUT2D eigenvalue weighted by Gasteiger charge is -2.37. The van der Waals surface area contributed by atoms with Crippen molar-refractivity contribution in [1.82, 2.24) is 0 Å². The smallest absolute Gasteiger partial charge is 0.193 e. The Morgan fingerprint density at radius 2 is 1.06 bits per heavy atom. The van der Waals surface area contributed by atoms with Crippen LogP contribution in [-0.2, 0) is 23.2 Å². The molecule has 0 aliphatic carbocycles. The molecule has 0 spiro atoms. The number of ketones is 2. The van der Waals surface area contributed by atoms with Crippen molar-refractivity contribution >= 4 is 34.5 Å². The zero-order valence-electron chi connectivity index (χ0n) is 22.8. The average molecular weight is 479 g/mol. The van der Waals surface area contributed by atoms with Gasteiger partial charge in [0, 0.05) is 0 Å². The number of hydrogen-bond donors (Lipinski definition) is 1. The number of carbonyl (C=O) groups is 3. The van der Waals surface area contributed by atoms with Crippen molar-refractivity contribution < 1.29 is 28.3 Å². The number of aldehydes is 1. The van der Waals surface area contributed by atoms with E-state index >= 15 is 0 Å². The zero-order chi connectivity index (χ0) is 26.0. The fourth-order valence-corrected chi connectivity index (χ4v) is 4.11. The van der Waals surface area contributed by atoms with Gasteiger partial charge < -0.3 is 18.8 Å². The molecule has 0 aromatic heterocycles. The molecule has 0 radical (unpaired) electrons. The van der Waals surface area contributed by atoms with E-state index in [0.717, 1.165) is 6.29 Å². The minimum Gasteiger partial charge on any atom is -0.408 e. The summed E-state index contributed by atoms with van der Waals surface area (Å²) in [5.41, 5.74) is 0. The summed E-state index contributed by atoms with van der Waals surface area (Å²) < 4.78 is 11.6. The van der Waals surface area contributed by atoms with Crippen molar-refractivity contribution in [2.45, 2.75) is 131 Å². The highest BCUT2D eigenvalue weighted by atomic mass is 28.4. The van der Waals surface area contributed by atoms with Crippen LogP contribution in [-0.4, -0.2) is 57.9 Å². The van der Waals surface area contributed by atoms with Gasteiger partial charge in [-0.15, -0.1) is 0 Å². The van der Waals surface area contributed by atoms with Crippen molar-refractivity contribution in [2.75, 3.05) is 0 Å². The van der Waals surface area contributed by atoms with E-state index in [0.29, 0.717) is 0 Å². The highest BCUT2D eigenvalue weighted by Crippen LogP contribution is 2.37. The van der Waals surface area contributed by atoms with Crippen LogP contribution >= 0.6 is 0 Å². The monoisotopic (exact) mass is 478 g/mol. The lowest BCUT2D eigenvalue weighted by Crippen LogP contribution is -2.44. The van der Waals surface area contributed by atoms with E-state index in [1.165, 1.54) is 13.8 Å². The molecule has 0 aromatic rings. The standard InChI is InChI=1S/C10H22O2Si.C9H20O2Si.C4H8O2/c1-8(11)9(2)12-13(6,7)10(3,4)5;1-8(7-10)11-12(5,6)9(2,3)4;1-3(5)4(2)6/h9H,1-7H3;7-8H,1-6H3;3,5H,1-2H3/t9-;8-;3-/m000/s1. The third kappa shape index (κ3) is 15.7. The maximum absolute atomic E-state index is 11.0. The molecule has 0 rings (SSSR count). The van der Waals surface area contributed by atoms with E-state index in [-0.39, 0.29) is 33.9 Å². The van der Waals surface area contributed by atoms with Gasteiger partial charge in [0.15, 0.2) is 28.2 Å². The molecule has 3 atom stereocenters. The molecule has 0 heterocycles. The van der Waals surface area contributed by atoms with Crippen LogP contribution in [0.1, 0.15) is 76.2 Å². The van der Waals surface area contributed by atoms with Crippen molar-refractivity contribution in [3.8, 4) is 0 Å². The highest BCUT2D eigenvalue weighted by molar-refractivity contribution is 6.74. The Morgan fingerprint density at radius 3 is 1.26 bits per heavy atom. The fourth-order valence-electron chi connectivity index (χ4n) is 1.37. The second kappa shape index (κ2) is 13.8. The first kappa shape index (κ1) is 34.9. The molecule has 8 heteroatoms. The van der Waals surface area contributed by atoms with Crippen LogP contribution in [0, 0.1) is 0 Å². The van der Waals surface area contributed by atoms with Crippen molar-refractivity contribution in [3.63, 3.8) is 0 Å². The molecule has 0 aliphatic heterocycles.